The van der Waals surface area contributed by atoms with Crippen molar-refractivity contribution in [3.8, 4) is 28.3 Å². The summed E-state index contributed by atoms with van der Waals surface area (Å²) < 4.78 is 7.22. The van der Waals surface area contributed by atoms with E-state index < -0.39 is 0 Å². The monoisotopic (exact) mass is 468 g/mol. The topological polar surface area (TPSA) is 76.4 Å². The molecule has 1 saturated heterocycles. The fraction of sp³-hybridized carbons (Fsp3) is 0.259. The van der Waals surface area contributed by atoms with Crippen LogP contribution in [0.25, 0.3) is 22.5 Å². The molecule has 0 aliphatic carbocycles. The Bertz CT molecular complexity index is 1300. The minimum absolute atomic E-state index is 0.0522. The average Bonchev–Trinajstić information content (AvgIpc) is 3.33. The Kier molecular flexibility index (Phi) is 6.43. The molecule has 2 aromatic carbocycles. The molecule has 1 fully saturated rings. The normalized spacial score (nSPS) is 13.7. The van der Waals surface area contributed by atoms with Gasteiger partial charge in [-0.2, -0.15) is 5.10 Å². The molecule has 35 heavy (non-hydrogen) atoms. The zero-order valence-electron chi connectivity index (χ0n) is 20.0. The second-order valence-corrected chi connectivity index (χ2v) is 8.54. The maximum atomic E-state index is 13.3. The highest BCUT2D eigenvalue weighted by atomic mass is 16.5. The number of rotatable bonds is 6. The van der Waals surface area contributed by atoms with Crippen molar-refractivity contribution in [1.29, 1.82) is 0 Å². The van der Waals surface area contributed by atoms with Crippen molar-refractivity contribution in [3.63, 3.8) is 0 Å². The fourth-order valence-corrected chi connectivity index (χ4v) is 4.40. The van der Waals surface area contributed by atoms with E-state index in [0.717, 1.165) is 33.8 Å². The van der Waals surface area contributed by atoms with E-state index in [2.05, 4.69) is 27.0 Å². The molecule has 1 amide bonds. The van der Waals surface area contributed by atoms with E-state index >= 15 is 0 Å². The van der Waals surface area contributed by atoms with Crippen molar-refractivity contribution >= 4 is 11.9 Å². The van der Waals surface area contributed by atoms with Crippen LogP contribution in [0.2, 0.25) is 0 Å². The second-order valence-electron chi connectivity index (χ2n) is 8.54. The molecule has 0 spiro atoms. The van der Waals surface area contributed by atoms with Gasteiger partial charge in [-0.1, -0.05) is 30.3 Å². The zero-order valence-corrected chi connectivity index (χ0v) is 20.0. The predicted molar refractivity (Wildman–Crippen MR) is 135 cm³/mol. The van der Waals surface area contributed by atoms with Crippen LogP contribution in [0.1, 0.15) is 5.56 Å². The van der Waals surface area contributed by atoms with Gasteiger partial charge in [0.05, 0.1) is 18.5 Å². The van der Waals surface area contributed by atoms with E-state index in [1.165, 1.54) is 0 Å². The molecule has 2 aromatic heterocycles. The van der Waals surface area contributed by atoms with Crippen LogP contribution in [-0.4, -0.2) is 63.8 Å². The van der Waals surface area contributed by atoms with Crippen LogP contribution in [-0.2, 0) is 11.3 Å². The third-order valence-electron chi connectivity index (χ3n) is 6.29. The third-order valence-corrected chi connectivity index (χ3v) is 6.29. The summed E-state index contributed by atoms with van der Waals surface area (Å²) in [5.74, 6) is 1.60. The molecular weight excluding hydrogens is 440 g/mol. The number of aryl methyl sites for hydroxylation is 1. The molecule has 1 aliphatic rings. The lowest BCUT2D eigenvalue weighted by Crippen LogP contribution is -2.50. The lowest BCUT2D eigenvalue weighted by atomic mass is 10.1. The van der Waals surface area contributed by atoms with Crippen LogP contribution in [0, 0.1) is 6.92 Å². The predicted octanol–water partition coefficient (Wildman–Crippen LogP) is 3.67. The highest BCUT2D eigenvalue weighted by Crippen LogP contribution is 2.29. The van der Waals surface area contributed by atoms with Crippen LogP contribution >= 0.6 is 0 Å². The Hall–Kier alpha value is -4.20. The van der Waals surface area contributed by atoms with Crippen molar-refractivity contribution < 1.29 is 9.53 Å². The number of carbonyl (C=O) groups is 1. The number of hydrogen-bond acceptors (Lipinski definition) is 6. The number of benzene rings is 2. The van der Waals surface area contributed by atoms with Crippen LogP contribution in [0.4, 0.5) is 5.95 Å². The van der Waals surface area contributed by atoms with E-state index in [-0.39, 0.29) is 12.5 Å². The summed E-state index contributed by atoms with van der Waals surface area (Å²) in [4.78, 5) is 25.9. The Morgan fingerprint density at radius 1 is 0.914 bits per heavy atom. The maximum absolute atomic E-state index is 13.3. The largest absolute Gasteiger partial charge is 0.496 e. The Morgan fingerprint density at radius 2 is 1.66 bits per heavy atom. The second kappa shape index (κ2) is 9.97. The Morgan fingerprint density at radius 3 is 2.34 bits per heavy atom. The van der Waals surface area contributed by atoms with Crippen molar-refractivity contribution in [3.05, 3.63) is 78.6 Å². The first-order chi connectivity index (χ1) is 17.1. The van der Waals surface area contributed by atoms with Crippen molar-refractivity contribution in [2.45, 2.75) is 13.5 Å². The number of ether oxygens (including phenoxy) is 1. The van der Waals surface area contributed by atoms with Crippen molar-refractivity contribution in [2.24, 2.45) is 0 Å². The Labute approximate surface area is 204 Å². The van der Waals surface area contributed by atoms with Gasteiger partial charge >= 0.3 is 0 Å². The van der Waals surface area contributed by atoms with Gasteiger partial charge in [-0.05, 0) is 48.4 Å². The molecule has 178 valence electrons. The molecule has 0 N–H and O–H groups in total. The summed E-state index contributed by atoms with van der Waals surface area (Å²) in [5.41, 5.74) is 4.79. The van der Waals surface area contributed by atoms with Gasteiger partial charge in [0.1, 0.15) is 12.3 Å². The zero-order chi connectivity index (χ0) is 24.2. The van der Waals surface area contributed by atoms with E-state index in [1.807, 2.05) is 59.0 Å². The first kappa shape index (κ1) is 22.6. The minimum Gasteiger partial charge on any atom is -0.496 e. The highest BCUT2D eigenvalue weighted by molar-refractivity contribution is 5.78. The summed E-state index contributed by atoms with van der Waals surface area (Å²) in [5, 5.41) is 4.85. The highest BCUT2D eigenvalue weighted by Gasteiger charge is 2.24. The number of carbonyl (C=O) groups excluding carboxylic acids is 1. The number of nitrogens with zero attached hydrogens (tertiary/aromatic N) is 6. The minimum atomic E-state index is 0.0522. The fourth-order valence-electron chi connectivity index (χ4n) is 4.40. The first-order valence-corrected chi connectivity index (χ1v) is 11.7. The lowest BCUT2D eigenvalue weighted by Gasteiger charge is -2.34. The molecule has 5 rings (SSSR count). The molecule has 0 radical (unpaired) electrons. The molecule has 0 atom stereocenters. The van der Waals surface area contributed by atoms with E-state index in [0.29, 0.717) is 32.1 Å². The van der Waals surface area contributed by atoms with E-state index in [1.54, 1.807) is 25.6 Å². The van der Waals surface area contributed by atoms with Crippen LogP contribution in [0.5, 0.6) is 5.75 Å². The first-order valence-electron chi connectivity index (χ1n) is 11.7. The molecule has 0 bridgehead atoms. The molecule has 4 aromatic rings. The molecule has 0 saturated carbocycles. The van der Waals surface area contributed by atoms with Crippen molar-refractivity contribution in [2.75, 3.05) is 38.2 Å². The standard InChI is InChI=1S/C27H28N6O2/c1-20-17-22(9-10-25(20)35-2)23-18-24(21-7-4-3-5-8-21)33(30-23)19-26(34)31-13-15-32(16-14-31)27-28-11-6-12-29-27/h3-12,17-18H,13-16,19H2,1-2H3. The number of hydrogen-bond donors (Lipinski definition) is 0. The van der Waals surface area contributed by atoms with Gasteiger partial charge in [-0.15, -0.1) is 0 Å². The van der Waals surface area contributed by atoms with Gasteiger partial charge < -0.3 is 14.5 Å². The van der Waals surface area contributed by atoms with E-state index in [9.17, 15) is 4.79 Å². The number of piperazine rings is 1. The molecule has 8 nitrogen and oxygen atoms in total. The molecule has 3 heterocycles. The smallest absolute Gasteiger partial charge is 0.244 e. The van der Waals surface area contributed by atoms with Gasteiger partial charge in [-0.3, -0.25) is 9.48 Å². The number of anilines is 1. The van der Waals surface area contributed by atoms with Gasteiger partial charge in [-0.25, -0.2) is 9.97 Å². The summed E-state index contributed by atoms with van der Waals surface area (Å²) in [6.07, 6.45) is 3.48. The van der Waals surface area contributed by atoms with Crippen LogP contribution < -0.4 is 9.64 Å². The molecular formula is C27H28N6O2. The number of methoxy groups -OCH3 is 1. The van der Waals surface area contributed by atoms with Crippen molar-refractivity contribution in [1.82, 2.24) is 24.6 Å². The third kappa shape index (κ3) is 4.87. The lowest BCUT2D eigenvalue weighted by molar-refractivity contribution is -0.132. The molecule has 1 aliphatic heterocycles. The molecule has 8 heteroatoms. The average molecular weight is 469 g/mol. The SMILES string of the molecule is COc1ccc(-c2cc(-c3ccccc3)n(CC(=O)N3CCN(c4ncccn4)CC3)n2)cc1C. The van der Waals surface area contributed by atoms with Crippen LogP contribution in [0.3, 0.4) is 0 Å². The summed E-state index contributed by atoms with van der Waals surface area (Å²) in [6, 6.07) is 19.9. The Balaban J connectivity index is 1.37. The van der Waals surface area contributed by atoms with Gasteiger partial charge in [0, 0.05) is 44.1 Å². The summed E-state index contributed by atoms with van der Waals surface area (Å²) in [6.45, 7) is 4.86. The maximum Gasteiger partial charge on any atom is 0.244 e. The van der Waals surface area contributed by atoms with Gasteiger partial charge in [0.2, 0.25) is 11.9 Å². The van der Waals surface area contributed by atoms with Gasteiger partial charge in [0.15, 0.2) is 0 Å². The number of amides is 1. The van der Waals surface area contributed by atoms with Crippen LogP contribution in [0.15, 0.2) is 73.1 Å². The van der Waals surface area contributed by atoms with E-state index in [4.69, 9.17) is 9.84 Å². The summed E-state index contributed by atoms with van der Waals surface area (Å²) >= 11 is 0. The molecule has 0 unspecified atom stereocenters. The number of aromatic nitrogens is 4. The van der Waals surface area contributed by atoms with Gasteiger partial charge in [0.25, 0.3) is 0 Å². The summed E-state index contributed by atoms with van der Waals surface area (Å²) in [7, 11) is 1.67. The quantitative estimate of drug-likeness (QED) is 0.430.